The van der Waals surface area contributed by atoms with Crippen molar-refractivity contribution in [2.45, 2.75) is 38.6 Å². The van der Waals surface area contributed by atoms with Gasteiger partial charge in [-0.15, -0.1) is 0 Å². The molecule has 0 radical (unpaired) electrons. The first kappa shape index (κ1) is 25.5. The maximum Gasteiger partial charge on any atom is 0.223 e. The molecule has 0 N–H and O–H groups in total. The molecule has 2 aliphatic rings. The predicted octanol–water partition coefficient (Wildman–Crippen LogP) is 3.17. The molecule has 2 saturated heterocycles. The Labute approximate surface area is 212 Å². The zero-order chi connectivity index (χ0) is 24.7. The van der Waals surface area contributed by atoms with E-state index >= 15 is 0 Å². The molecule has 0 aliphatic carbocycles. The van der Waals surface area contributed by atoms with E-state index in [4.69, 9.17) is 16.3 Å². The summed E-state index contributed by atoms with van der Waals surface area (Å²) in [6, 6.07) is 9.22. The number of carbonyl (C=O) groups is 2. The van der Waals surface area contributed by atoms with Crippen LogP contribution in [0.3, 0.4) is 0 Å². The summed E-state index contributed by atoms with van der Waals surface area (Å²) in [4.78, 5) is 32.6. The van der Waals surface area contributed by atoms with Crippen LogP contribution >= 0.6 is 11.6 Å². The normalized spacial score (nSPS) is 21.2. The molecule has 3 heterocycles. The largest absolute Gasteiger partial charge is 0.493 e. The number of aromatic nitrogens is 2. The third-order valence-electron chi connectivity index (χ3n) is 7.07. The summed E-state index contributed by atoms with van der Waals surface area (Å²) >= 11 is 6.15. The number of hydrogen-bond acceptors (Lipinski definition) is 5. The average Bonchev–Trinajstić information content (AvgIpc) is 3.37. The van der Waals surface area contributed by atoms with Crippen molar-refractivity contribution in [3.63, 3.8) is 0 Å². The van der Waals surface area contributed by atoms with Crippen molar-refractivity contribution in [1.82, 2.24) is 24.5 Å². The Morgan fingerprint density at radius 1 is 1.09 bits per heavy atom. The lowest BCUT2D eigenvalue weighted by molar-refractivity contribution is -0.142. The van der Waals surface area contributed by atoms with Gasteiger partial charge >= 0.3 is 0 Å². The van der Waals surface area contributed by atoms with Crippen molar-refractivity contribution in [3.05, 3.63) is 47.7 Å². The van der Waals surface area contributed by atoms with Gasteiger partial charge in [0.15, 0.2) is 0 Å². The highest BCUT2D eigenvalue weighted by molar-refractivity contribution is 6.30. The van der Waals surface area contributed by atoms with Crippen LogP contribution in [0.25, 0.3) is 0 Å². The number of ether oxygens (including phenoxy) is 1. The fourth-order valence-corrected chi connectivity index (χ4v) is 5.18. The SMILES string of the molecule is CN1CCN(C(=O)C[C@]2(COc3cccc(Cl)c3)CCCN(C(=O)CCCn3cccn3)C2)CC1. The summed E-state index contributed by atoms with van der Waals surface area (Å²) in [5.41, 5.74) is -0.418. The molecule has 4 rings (SSSR count). The Hall–Kier alpha value is -2.58. The lowest BCUT2D eigenvalue weighted by Gasteiger charge is -2.43. The van der Waals surface area contributed by atoms with Gasteiger partial charge in [-0.25, -0.2) is 0 Å². The Balaban J connectivity index is 1.41. The number of rotatable bonds is 9. The topological polar surface area (TPSA) is 70.9 Å². The number of amides is 2. The molecule has 2 aliphatic heterocycles. The van der Waals surface area contributed by atoms with Gasteiger partial charge in [0.25, 0.3) is 0 Å². The minimum Gasteiger partial charge on any atom is -0.493 e. The number of carbonyl (C=O) groups excluding carboxylic acids is 2. The third-order valence-corrected chi connectivity index (χ3v) is 7.31. The van der Waals surface area contributed by atoms with Crippen LogP contribution in [0.4, 0.5) is 0 Å². The molecule has 1 aromatic heterocycles. The molecular formula is C26H36ClN5O3. The minimum atomic E-state index is -0.418. The van der Waals surface area contributed by atoms with E-state index in [1.807, 2.05) is 44.9 Å². The van der Waals surface area contributed by atoms with E-state index in [-0.39, 0.29) is 11.8 Å². The number of piperidine rings is 1. The molecule has 0 spiro atoms. The van der Waals surface area contributed by atoms with Crippen LogP contribution in [-0.4, -0.2) is 89.2 Å². The van der Waals surface area contributed by atoms with E-state index in [0.717, 1.165) is 58.5 Å². The Kier molecular flexibility index (Phi) is 8.68. The predicted molar refractivity (Wildman–Crippen MR) is 135 cm³/mol. The molecule has 0 unspecified atom stereocenters. The van der Waals surface area contributed by atoms with E-state index in [0.29, 0.717) is 36.8 Å². The van der Waals surface area contributed by atoms with Crippen LogP contribution in [0.1, 0.15) is 32.1 Å². The number of likely N-dealkylation sites (N-methyl/N-ethyl adjacent to an activating group) is 1. The lowest BCUT2D eigenvalue weighted by atomic mass is 9.77. The first-order valence-corrected chi connectivity index (χ1v) is 12.9. The lowest BCUT2D eigenvalue weighted by Crippen LogP contribution is -2.53. The number of aryl methyl sites for hydroxylation is 1. The number of benzene rings is 1. The minimum absolute atomic E-state index is 0.135. The first-order chi connectivity index (χ1) is 16.9. The molecule has 2 fully saturated rings. The molecule has 2 aromatic rings. The second-order valence-corrected chi connectivity index (χ2v) is 10.3. The van der Waals surface area contributed by atoms with Crippen molar-refractivity contribution in [2.75, 3.05) is 52.9 Å². The van der Waals surface area contributed by atoms with Crippen LogP contribution in [0.5, 0.6) is 5.75 Å². The first-order valence-electron chi connectivity index (χ1n) is 12.5. The van der Waals surface area contributed by atoms with Gasteiger partial charge in [-0.2, -0.15) is 5.10 Å². The molecule has 2 amide bonds. The summed E-state index contributed by atoms with van der Waals surface area (Å²) in [7, 11) is 2.08. The Morgan fingerprint density at radius 3 is 2.66 bits per heavy atom. The van der Waals surface area contributed by atoms with Crippen molar-refractivity contribution in [2.24, 2.45) is 5.41 Å². The maximum atomic E-state index is 13.3. The molecule has 0 saturated carbocycles. The molecule has 1 atom stereocenters. The molecule has 8 nitrogen and oxygen atoms in total. The number of halogens is 1. The zero-order valence-electron chi connectivity index (χ0n) is 20.6. The highest BCUT2D eigenvalue weighted by Crippen LogP contribution is 2.36. The number of nitrogens with zero attached hydrogens (tertiary/aromatic N) is 5. The summed E-state index contributed by atoms with van der Waals surface area (Å²) in [6.45, 7) is 5.63. The molecular weight excluding hydrogens is 466 g/mol. The van der Waals surface area contributed by atoms with E-state index in [2.05, 4.69) is 17.0 Å². The second kappa shape index (κ2) is 11.9. The smallest absolute Gasteiger partial charge is 0.223 e. The van der Waals surface area contributed by atoms with Gasteiger partial charge in [0, 0.05) is 81.5 Å². The van der Waals surface area contributed by atoms with E-state index in [1.54, 1.807) is 12.3 Å². The van der Waals surface area contributed by atoms with E-state index in [1.165, 1.54) is 0 Å². The standard InChI is InChI=1S/C26H36ClN5O3/c1-29-14-16-30(17-15-29)25(34)19-26(21-35-23-7-2-6-22(27)18-23)9-4-11-31(20-26)24(33)8-3-12-32-13-5-10-28-32/h2,5-7,10,13,18H,3-4,8-9,11-12,14-17,19-21H2,1H3/t26-/m1/s1. The van der Waals surface area contributed by atoms with Gasteiger partial charge in [-0.1, -0.05) is 17.7 Å². The highest BCUT2D eigenvalue weighted by atomic mass is 35.5. The summed E-state index contributed by atoms with van der Waals surface area (Å²) in [5.74, 6) is 0.975. The summed E-state index contributed by atoms with van der Waals surface area (Å²) in [5, 5.41) is 4.82. The van der Waals surface area contributed by atoms with Gasteiger partial charge < -0.3 is 19.4 Å². The number of hydrogen-bond donors (Lipinski definition) is 0. The summed E-state index contributed by atoms with van der Waals surface area (Å²) in [6.07, 6.45) is 6.96. The fraction of sp³-hybridized carbons (Fsp3) is 0.577. The summed E-state index contributed by atoms with van der Waals surface area (Å²) < 4.78 is 8.03. The van der Waals surface area contributed by atoms with Gasteiger partial charge in [-0.05, 0) is 50.6 Å². The number of piperazine rings is 1. The van der Waals surface area contributed by atoms with Gasteiger partial charge in [-0.3, -0.25) is 14.3 Å². The van der Waals surface area contributed by atoms with E-state index in [9.17, 15) is 9.59 Å². The molecule has 190 valence electrons. The van der Waals surface area contributed by atoms with Crippen LogP contribution in [0.15, 0.2) is 42.7 Å². The van der Waals surface area contributed by atoms with E-state index < -0.39 is 5.41 Å². The van der Waals surface area contributed by atoms with Gasteiger partial charge in [0.1, 0.15) is 5.75 Å². The van der Waals surface area contributed by atoms with Crippen molar-refractivity contribution in [1.29, 1.82) is 0 Å². The fourth-order valence-electron chi connectivity index (χ4n) is 5.00. The number of likely N-dealkylation sites (tertiary alicyclic amines) is 1. The van der Waals surface area contributed by atoms with Crippen molar-refractivity contribution in [3.8, 4) is 5.75 Å². The quantitative estimate of drug-likeness (QED) is 0.528. The molecule has 9 heteroatoms. The van der Waals surface area contributed by atoms with Gasteiger partial charge in [0.05, 0.1) is 6.61 Å². The molecule has 35 heavy (non-hydrogen) atoms. The Morgan fingerprint density at radius 2 is 1.91 bits per heavy atom. The highest BCUT2D eigenvalue weighted by Gasteiger charge is 2.41. The monoisotopic (exact) mass is 501 g/mol. The second-order valence-electron chi connectivity index (χ2n) is 9.90. The van der Waals surface area contributed by atoms with Gasteiger partial charge in [0.2, 0.25) is 11.8 Å². The zero-order valence-corrected chi connectivity index (χ0v) is 21.3. The van der Waals surface area contributed by atoms with Crippen LogP contribution in [0.2, 0.25) is 5.02 Å². The van der Waals surface area contributed by atoms with Crippen molar-refractivity contribution < 1.29 is 14.3 Å². The third kappa shape index (κ3) is 7.21. The van der Waals surface area contributed by atoms with Crippen molar-refractivity contribution >= 4 is 23.4 Å². The molecule has 1 aromatic carbocycles. The van der Waals surface area contributed by atoms with Crippen LogP contribution < -0.4 is 4.74 Å². The maximum absolute atomic E-state index is 13.3. The van der Waals surface area contributed by atoms with Crippen LogP contribution in [-0.2, 0) is 16.1 Å². The van der Waals surface area contributed by atoms with Crippen LogP contribution in [0, 0.1) is 5.41 Å². The molecule has 0 bridgehead atoms. The average molecular weight is 502 g/mol. The Bertz CT molecular complexity index is 977.